The van der Waals surface area contributed by atoms with Crippen LogP contribution in [0.1, 0.15) is 11.1 Å². The quantitative estimate of drug-likeness (QED) is 0.376. The van der Waals surface area contributed by atoms with E-state index in [1.54, 1.807) is 12.4 Å². The predicted octanol–water partition coefficient (Wildman–Crippen LogP) is 4.24. The van der Waals surface area contributed by atoms with Crippen LogP contribution in [0.15, 0.2) is 78.2 Å². The van der Waals surface area contributed by atoms with E-state index in [2.05, 4.69) is 21.3 Å². The first-order valence-electron chi connectivity index (χ1n) is 10.5. The van der Waals surface area contributed by atoms with Crippen LogP contribution in [0, 0.1) is 18.3 Å². The van der Waals surface area contributed by atoms with Gasteiger partial charge in [0.15, 0.2) is 11.0 Å². The van der Waals surface area contributed by atoms with Gasteiger partial charge in [-0.15, -0.1) is 10.2 Å². The van der Waals surface area contributed by atoms with E-state index in [9.17, 15) is 5.11 Å². The van der Waals surface area contributed by atoms with E-state index in [1.165, 1.54) is 17.3 Å². The van der Waals surface area contributed by atoms with Crippen LogP contribution in [0.4, 0.5) is 0 Å². The normalized spacial score (nSPS) is 11.7. The second-order valence-electron chi connectivity index (χ2n) is 7.47. The maximum absolute atomic E-state index is 10.5. The molecule has 4 rings (SSSR count). The molecule has 0 aliphatic carbocycles. The van der Waals surface area contributed by atoms with Crippen molar-refractivity contribution < 1.29 is 9.84 Å². The standard InChI is InChI=1S/C25H23N5O2S/c1-18-2-6-21(7-3-18)30-24(20-11-14-27-15-12-20)28-29-25(30)33-17-22(31)16-32-23-8-4-19(5-9-23)10-13-26/h2-9,11-12,14-15,22,31H,10,16-17H2,1H3. The molecule has 0 spiro atoms. The molecule has 0 radical (unpaired) electrons. The molecule has 0 aliphatic rings. The van der Waals surface area contributed by atoms with Crippen LogP contribution >= 0.6 is 11.8 Å². The Balaban J connectivity index is 1.45. The number of benzene rings is 2. The van der Waals surface area contributed by atoms with Gasteiger partial charge >= 0.3 is 0 Å². The zero-order valence-electron chi connectivity index (χ0n) is 18.1. The number of aromatic nitrogens is 4. The van der Waals surface area contributed by atoms with E-state index in [0.717, 1.165) is 16.8 Å². The first-order valence-corrected chi connectivity index (χ1v) is 11.4. The Morgan fingerprint density at radius 1 is 1.03 bits per heavy atom. The Morgan fingerprint density at radius 2 is 1.76 bits per heavy atom. The highest BCUT2D eigenvalue weighted by Gasteiger charge is 2.17. The molecular weight excluding hydrogens is 434 g/mol. The molecule has 0 fully saturated rings. The average Bonchev–Trinajstić information content (AvgIpc) is 3.27. The zero-order chi connectivity index (χ0) is 23.0. The fraction of sp³-hybridized carbons (Fsp3) is 0.200. The summed E-state index contributed by atoms with van der Waals surface area (Å²) in [6.45, 7) is 2.20. The monoisotopic (exact) mass is 457 g/mol. The van der Waals surface area contributed by atoms with E-state index in [4.69, 9.17) is 10.00 Å². The molecule has 0 saturated carbocycles. The third kappa shape index (κ3) is 5.77. The molecule has 0 amide bonds. The molecule has 1 N–H and O–H groups in total. The van der Waals surface area contributed by atoms with E-state index in [0.29, 0.717) is 28.9 Å². The fourth-order valence-corrected chi connectivity index (χ4v) is 4.04. The van der Waals surface area contributed by atoms with Crippen LogP contribution in [0.3, 0.4) is 0 Å². The number of nitriles is 1. The number of pyridine rings is 1. The van der Waals surface area contributed by atoms with Crippen LogP contribution < -0.4 is 4.74 Å². The third-order valence-electron chi connectivity index (χ3n) is 4.92. The molecule has 2 aromatic heterocycles. The first-order chi connectivity index (χ1) is 16.1. The highest BCUT2D eigenvalue weighted by molar-refractivity contribution is 7.99. The zero-order valence-corrected chi connectivity index (χ0v) is 18.9. The van der Waals surface area contributed by atoms with Crippen molar-refractivity contribution in [3.8, 4) is 28.9 Å². The molecule has 0 aliphatic heterocycles. The van der Waals surface area contributed by atoms with Gasteiger partial charge in [0.2, 0.25) is 0 Å². The van der Waals surface area contributed by atoms with Crippen LogP contribution in [0.2, 0.25) is 0 Å². The minimum Gasteiger partial charge on any atom is -0.491 e. The van der Waals surface area contributed by atoms with E-state index < -0.39 is 6.10 Å². The van der Waals surface area contributed by atoms with Gasteiger partial charge in [-0.1, -0.05) is 41.6 Å². The van der Waals surface area contributed by atoms with Gasteiger partial charge in [0, 0.05) is 29.4 Å². The lowest BCUT2D eigenvalue weighted by atomic mass is 10.2. The Kier molecular flexibility index (Phi) is 7.35. The van der Waals surface area contributed by atoms with Crippen LogP contribution in [-0.4, -0.2) is 43.3 Å². The molecule has 0 saturated heterocycles. The van der Waals surface area contributed by atoms with Crippen molar-refractivity contribution in [2.75, 3.05) is 12.4 Å². The lowest BCUT2D eigenvalue weighted by Gasteiger charge is -2.14. The smallest absolute Gasteiger partial charge is 0.196 e. The van der Waals surface area contributed by atoms with Gasteiger partial charge < -0.3 is 9.84 Å². The van der Waals surface area contributed by atoms with Crippen molar-refractivity contribution in [2.45, 2.75) is 24.6 Å². The van der Waals surface area contributed by atoms with Crippen molar-refractivity contribution in [1.82, 2.24) is 19.7 Å². The van der Waals surface area contributed by atoms with Crippen molar-refractivity contribution in [3.63, 3.8) is 0 Å². The molecular formula is C25H23N5O2S. The summed E-state index contributed by atoms with van der Waals surface area (Å²) < 4.78 is 7.68. The van der Waals surface area contributed by atoms with Crippen LogP contribution in [0.5, 0.6) is 5.75 Å². The number of nitrogens with zero attached hydrogens (tertiary/aromatic N) is 5. The minimum atomic E-state index is -0.693. The average molecular weight is 458 g/mol. The van der Waals surface area contributed by atoms with Gasteiger partial charge in [0.1, 0.15) is 12.4 Å². The summed E-state index contributed by atoms with van der Waals surface area (Å²) in [5.41, 5.74) is 3.96. The Morgan fingerprint density at radius 3 is 2.45 bits per heavy atom. The molecule has 33 heavy (non-hydrogen) atoms. The summed E-state index contributed by atoms with van der Waals surface area (Å²) in [5, 5.41) is 28.7. The van der Waals surface area contributed by atoms with E-state index in [-0.39, 0.29) is 6.61 Å². The first kappa shape index (κ1) is 22.5. The maximum Gasteiger partial charge on any atom is 0.196 e. The summed E-state index contributed by atoms with van der Waals surface area (Å²) in [6, 6.07) is 21.4. The molecule has 2 aromatic carbocycles. The Hall–Kier alpha value is -3.67. The molecule has 2 heterocycles. The second kappa shape index (κ2) is 10.8. The van der Waals surface area contributed by atoms with Gasteiger partial charge in [-0.3, -0.25) is 9.55 Å². The molecule has 8 heteroatoms. The number of aliphatic hydroxyl groups excluding tert-OH is 1. The predicted molar refractivity (Wildman–Crippen MR) is 127 cm³/mol. The summed E-state index contributed by atoms with van der Waals surface area (Å²) in [6.07, 6.45) is 3.12. The van der Waals surface area contributed by atoms with Gasteiger partial charge in [-0.05, 0) is 48.9 Å². The molecule has 166 valence electrons. The number of rotatable bonds is 9. The maximum atomic E-state index is 10.5. The summed E-state index contributed by atoms with van der Waals surface area (Å²) in [7, 11) is 0. The molecule has 1 atom stereocenters. The highest BCUT2D eigenvalue weighted by Crippen LogP contribution is 2.28. The lowest BCUT2D eigenvalue weighted by molar-refractivity contribution is 0.126. The van der Waals surface area contributed by atoms with Crippen LogP contribution in [0.25, 0.3) is 17.1 Å². The molecule has 7 nitrogen and oxygen atoms in total. The van der Waals surface area contributed by atoms with Gasteiger partial charge in [-0.25, -0.2) is 0 Å². The highest BCUT2D eigenvalue weighted by atomic mass is 32.2. The van der Waals surface area contributed by atoms with Gasteiger partial charge in [0.25, 0.3) is 0 Å². The largest absolute Gasteiger partial charge is 0.491 e. The van der Waals surface area contributed by atoms with E-state index >= 15 is 0 Å². The minimum absolute atomic E-state index is 0.153. The number of hydrogen-bond acceptors (Lipinski definition) is 7. The summed E-state index contributed by atoms with van der Waals surface area (Å²) >= 11 is 1.42. The summed E-state index contributed by atoms with van der Waals surface area (Å²) in [4.78, 5) is 4.09. The second-order valence-corrected chi connectivity index (χ2v) is 8.45. The lowest BCUT2D eigenvalue weighted by Crippen LogP contribution is -2.20. The van der Waals surface area contributed by atoms with Crippen molar-refractivity contribution in [3.05, 3.63) is 84.2 Å². The molecule has 1 unspecified atom stereocenters. The number of aliphatic hydroxyl groups is 1. The third-order valence-corrected chi connectivity index (χ3v) is 5.99. The van der Waals surface area contributed by atoms with Crippen molar-refractivity contribution in [1.29, 1.82) is 5.26 Å². The number of thioether (sulfide) groups is 1. The van der Waals surface area contributed by atoms with Crippen LogP contribution in [-0.2, 0) is 6.42 Å². The molecule has 0 bridgehead atoms. The molecule has 4 aromatic rings. The number of aryl methyl sites for hydroxylation is 1. The topological polar surface area (TPSA) is 96.8 Å². The van der Waals surface area contributed by atoms with Gasteiger partial charge in [-0.2, -0.15) is 5.26 Å². The summed E-state index contributed by atoms with van der Waals surface area (Å²) in [5.74, 6) is 1.77. The van der Waals surface area contributed by atoms with Crippen molar-refractivity contribution >= 4 is 11.8 Å². The Labute approximate surface area is 196 Å². The number of ether oxygens (including phenoxy) is 1. The Bertz CT molecular complexity index is 1220. The fourth-order valence-electron chi connectivity index (χ4n) is 3.18. The van der Waals surface area contributed by atoms with Gasteiger partial charge in [0.05, 0.1) is 18.6 Å². The van der Waals surface area contributed by atoms with E-state index in [1.807, 2.05) is 72.2 Å². The number of hydrogen-bond donors (Lipinski definition) is 1. The SMILES string of the molecule is Cc1ccc(-n2c(SCC(O)COc3ccc(CC#N)cc3)nnc2-c2ccncc2)cc1. The van der Waals surface area contributed by atoms with Crippen molar-refractivity contribution in [2.24, 2.45) is 0 Å².